The topological polar surface area (TPSA) is 76.0 Å². The summed E-state index contributed by atoms with van der Waals surface area (Å²) in [5.41, 5.74) is 0. The van der Waals surface area contributed by atoms with Gasteiger partial charge >= 0.3 is 63.3 Å². The molecule has 0 aliphatic carbocycles. The Balaban J connectivity index is 4.04. The van der Waals surface area contributed by atoms with Gasteiger partial charge in [-0.25, -0.2) is 0 Å². The van der Waals surface area contributed by atoms with Gasteiger partial charge in [0.25, 0.3) is 0 Å². The summed E-state index contributed by atoms with van der Waals surface area (Å²) in [5, 5.41) is 8.52. The van der Waals surface area contributed by atoms with Crippen molar-refractivity contribution in [2.24, 2.45) is 4.99 Å². The molecule has 1 atom stereocenters. The zero-order chi connectivity index (χ0) is 8.69. The zero-order valence-corrected chi connectivity index (χ0v) is 6.06. The molecular formula is C5H8BNO4. The van der Waals surface area contributed by atoms with E-state index in [1.54, 1.807) is 0 Å². The number of carbonyl (C=O) groups excluding carboxylic acids is 1. The van der Waals surface area contributed by atoms with Crippen molar-refractivity contribution in [3.8, 4) is 0 Å². The summed E-state index contributed by atoms with van der Waals surface area (Å²) >= 11 is 0. The normalized spacial score (nSPS) is 12.5. The van der Waals surface area contributed by atoms with Crippen LogP contribution in [0.1, 0.15) is 0 Å². The third-order valence-electron chi connectivity index (χ3n) is 0.973. The summed E-state index contributed by atoms with van der Waals surface area (Å²) in [5.74, 6) is -0.661. The van der Waals surface area contributed by atoms with Crippen LogP contribution >= 0.6 is 0 Å². The van der Waals surface area contributed by atoms with E-state index in [-0.39, 0.29) is 0 Å². The number of esters is 1. The number of aliphatic hydroxyl groups excluding tert-OH is 1. The summed E-state index contributed by atoms with van der Waals surface area (Å²) < 4.78 is 14.0. The number of rotatable bonds is 4. The van der Waals surface area contributed by atoms with E-state index in [4.69, 9.17) is 5.11 Å². The van der Waals surface area contributed by atoms with Crippen molar-refractivity contribution in [3.05, 3.63) is 0 Å². The van der Waals surface area contributed by atoms with Crippen LogP contribution in [0.4, 0.5) is 0 Å². The molecule has 0 heterocycles. The Morgan fingerprint density at radius 1 is 1.91 bits per heavy atom. The van der Waals surface area contributed by atoms with Crippen LogP contribution in [-0.2, 0) is 14.2 Å². The van der Waals surface area contributed by atoms with Crippen LogP contribution < -0.4 is 0 Å². The van der Waals surface area contributed by atoms with Crippen molar-refractivity contribution in [1.29, 1.82) is 0 Å². The van der Waals surface area contributed by atoms with Gasteiger partial charge in [0, 0.05) is 0 Å². The van der Waals surface area contributed by atoms with E-state index in [1.807, 2.05) is 0 Å². The number of methoxy groups -OCH3 is 1. The van der Waals surface area contributed by atoms with E-state index in [2.05, 4.69) is 9.73 Å². The maximum atomic E-state index is 10.6. The van der Waals surface area contributed by atoms with Crippen LogP contribution in [0.25, 0.3) is 0 Å². The number of carbonyl (C=O) groups is 1. The van der Waals surface area contributed by atoms with E-state index in [9.17, 15) is 9.50 Å². The first-order valence-corrected chi connectivity index (χ1v) is 2.92. The third-order valence-corrected chi connectivity index (χ3v) is 0.973. The fourth-order valence-electron chi connectivity index (χ4n) is 0.458. The molecule has 0 aromatic rings. The molecule has 0 aromatic heterocycles. The standard InChI is InChI=1S/C5H8BNO4/c1-11-5(9)4(2-8)7-3-6-10/h3-4,8H,2H2,1H3/t4-/m0/s1. The van der Waals surface area contributed by atoms with Gasteiger partial charge in [-0.2, -0.15) is 0 Å². The van der Waals surface area contributed by atoms with Crippen molar-refractivity contribution >= 4 is 19.2 Å². The predicted molar refractivity (Wildman–Crippen MR) is 37.8 cm³/mol. The van der Waals surface area contributed by atoms with Gasteiger partial charge in [0.15, 0.2) is 0 Å². The fraction of sp³-hybridized carbons (Fsp3) is 0.600. The predicted octanol–water partition coefficient (Wildman–Crippen LogP) is -1.40. The molecule has 0 saturated heterocycles. The molecule has 0 radical (unpaired) electrons. The molecular weight excluding hydrogens is 149 g/mol. The zero-order valence-electron chi connectivity index (χ0n) is 6.06. The van der Waals surface area contributed by atoms with Crippen LogP contribution in [-0.4, -0.2) is 44.1 Å². The fourth-order valence-corrected chi connectivity index (χ4v) is 0.458. The first kappa shape index (κ1) is 9.96. The van der Waals surface area contributed by atoms with E-state index < -0.39 is 18.6 Å². The molecule has 6 heteroatoms. The molecule has 0 amide bonds. The van der Waals surface area contributed by atoms with Crippen LogP contribution in [0.5, 0.6) is 0 Å². The molecule has 11 heavy (non-hydrogen) atoms. The van der Waals surface area contributed by atoms with Gasteiger partial charge in [-0.15, -0.1) is 0 Å². The number of ether oxygens (including phenoxy) is 1. The van der Waals surface area contributed by atoms with Crippen molar-refractivity contribution in [2.45, 2.75) is 6.04 Å². The summed E-state index contributed by atoms with van der Waals surface area (Å²) in [6, 6.07) is -0.981. The molecule has 0 aromatic carbocycles. The second-order valence-corrected chi connectivity index (χ2v) is 1.66. The van der Waals surface area contributed by atoms with Crippen LogP contribution in [0, 0.1) is 0 Å². The molecule has 0 aliphatic rings. The third kappa shape index (κ3) is 3.62. The SMILES string of the molecule is COC(=O)[C@H](CO)N=CB=O. The van der Waals surface area contributed by atoms with Crippen molar-refractivity contribution < 1.29 is 19.3 Å². The van der Waals surface area contributed by atoms with E-state index >= 15 is 0 Å². The van der Waals surface area contributed by atoms with Crippen molar-refractivity contribution in [2.75, 3.05) is 13.7 Å². The Morgan fingerprint density at radius 2 is 2.55 bits per heavy atom. The minimum atomic E-state index is -0.981. The Hall–Kier alpha value is -1.04. The number of hydrogen-bond donors (Lipinski definition) is 1. The second-order valence-electron chi connectivity index (χ2n) is 1.66. The van der Waals surface area contributed by atoms with Crippen LogP contribution in [0.3, 0.4) is 0 Å². The van der Waals surface area contributed by atoms with Gasteiger partial charge in [-0.1, -0.05) is 0 Å². The molecule has 0 fully saturated rings. The Labute approximate surface area is 64.3 Å². The monoisotopic (exact) mass is 157 g/mol. The Bertz CT molecular complexity index is 170. The van der Waals surface area contributed by atoms with Crippen molar-refractivity contribution in [1.82, 2.24) is 0 Å². The Morgan fingerprint density at radius 3 is 2.91 bits per heavy atom. The second kappa shape index (κ2) is 5.73. The molecule has 5 nitrogen and oxygen atoms in total. The quantitative estimate of drug-likeness (QED) is 0.309. The number of aliphatic imine (C=N–C) groups is 1. The number of nitrogens with zero attached hydrogens (tertiary/aromatic N) is 1. The molecule has 0 saturated carbocycles. The van der Waals surface area contributed by atoms with Gasteiger partial charge in [0.05, 0.1) is 0 Å². The van der Waals surface area contributed by atoms with E-state index in [0.717, 1.165) is 6.11 Å². The summed E-state index contributed by atoms with van der Waals surface area (Å²) in [6.07, 6.45) is 0.901. The van der Waals surface area contributed by atoms with E-state index in [0.29, 0.717) is 7.15 Å². The molecule has 0 spiro atoms. The molecule has 60 valence electrons. The maximum absolute atomic E-state index is 10.6. The molecule has 0 rings (SSSR count). The summed E-state index contributed by atoms with van der Waals surface area (Å²) in [6.45, 7) is -0.461. The van der Waals surface area contributed by atoms with Gasteiger partial charge < -0.3 is 0 Å². The van der Waals surface area contributed by atoms with E-state index in [1.165, 1.54) is 7.11 Å². The first-order chi connectivity index (χ1) is 5.26. The number of hydrogen-bond acceptors (Lipinski definition) is 5. The summed E-state index contributed by atoms with van der Waals surface area (Å²) in [4.78, 5) is 14.1. The minimum absolute atomic E-state index is 0.422. The Kier molecular flexibility index (Phi) is 5.19. The van der Waals surface area contributed by atoms with Gasteiger partial charge in [-0.05, 0) is 0 Å². The molecule has 1 N–H and O–H groups in total. The number of aliphatic hydroxyl groups is 1. The first-order valence-electron chi connectivity index (χ1n) is 2.92. The molecule has 0 unspecified atom stereocenters. The van der Waals surface area contributed by atoms with Gasteiger partial charge in [-0.3, -0.25) is 0 Å². The van der Waals surface area contributed by atoms with Gasteiger partial charge in [0.1, 0.15) is 0 Å². The van der Waals surface area contributed by atoms with Crippen LogP contribution in [0.2, 0.25) is 0 Å². The summed E-state index contributed by atoms with van der Waals surface area (Å²) in [7, 11) is 1.60. The average molecular weight is 157 g/mol. The molecule has 0 aliphatic heterocycles. The molecule has 0 bridgehead atoms. The average Bonchev–Trinajstić information content (AvgIpc) is 2.05. The van der Waals surface area contributed by atoms with Crippen LogP contribution in [0.15, 0.2) is 4.99 Å². The van der Waals surface area contributed by atoms with Gasteiger partial charge in [0.2, 0.25) is 0 Å². The van der Waals surface area contributed by atoms with Crippen molar-refractivity contribution in [3.63, 3.8) is 0 Å².